The van der Waals surface area contributed by atoms with Crippen molar-refractivity contribution in [1.82, 2.24) is 14.7 Å². The smallest absolute Gasteiger partial charge is 0.475 e. The van der Waals surface area contributed by atoms with Crippen molar-refractivity contribution in [1.29, 1.82) is 0 Å². The fraction of sp³-hybridized carbons (Fsp3) is 0.762. The van der Waals surface area contributed by atoms with E-state index in [1.807, 2.05) is 0 Å². The van der Waals surface area contributed by atoms with Gasteiger partial charge in [-0.15, -0.1) is 0 Å². The summed E-state index contributed by atoms with van der Waals surface area (Å²) in [4.78, 5) is 40.4. The molecule has 0 aromatic rings. The summed E-state index contributed by atoms with van der Waals surface area (Å²) < 4.78 is 31.7. The fourth-order valence-corrected chi connectivity index (χ4v) is 4.53. The van der Waals surface area contributed by atoms with Gasteiger partial charge in [0.15, 0.2) is 0 Å². The van der Waals surface area contributed by atoms with Crippen LogP contribution in [0.4, 0.5) is 13.2 Å². The number of carbonyl (C=O) groups excluding carboxylic acids is 2. The Labute approximate surface area is 180 Å². The molecule has 1 spiro atoms. The zero-order chi connectivity index (χ0) is 23.2. The minimum atomic E-state index is -5.08. The van der Waals surface area contributed by atoms with Crippen LogP contribution in [-0.2, 0) is 14.4 Å². The second-order valence-corrected chi connectivity index (χ2v) is 8.69. The quantitative estimate of drug-likeness (QED) is 0.670. The zero-order valence-electron chi connectivity index (χ0n) is 18.2. The largest absolute Gasteiger partial charge is 0.490 e. The summed E-state index contributed by atoms with van der Waals surface area (Å²) in [6, 6.07) is 0. The molecule has 7 nitrogen and oxygen atoms in total. The Balaban J connectivity index is 0.000000423. The molecule has 0 bridgehead atoms. The zero-order valence-corrected chi connectivity index (χ0v) is 18.2. The van der Waals surface area contributed by atoms with E-state index in [9.17, 15) is 22.8 Å². The summed E-state index contributed by atoms with van der Waals surface area (Å²) in [5, 5.41) is 7.12. The number of halogens is 3. The number of alkyl halides is 3. The Morgan fingerprint density at radius 2 is 1.77 bits per heavy atom. The lowest BCUT2D eigenvalue weighted by Crippen LogP contribution is -2.49. The third kappa shape index (κ3) is 6.69. The van der Waals surface area contributed by atoms with E-state index >= 15 is 0 Å². The molecule has 0 aromatic carbocycles. The van der Waals surface area contributed by atoms with E-state index in [1.54, 1.807) is 0 Å². The molecule has 2 aliphatic heterocycles. The Hall–Kier alpha value is -2.10. The number of carboxylic acids is 1. The van der Waals surface area contributed by atoms with Gasteiger partial charge in [-0.05, 0) is 52.6 Å². The Bertz CT molecular complexity index is 688. The van der Waals surface area contributed by atoms with E-state index < -0.39 is 12.1 Å². The van der Waals surface area contributed by atoms with E-state index in [-0.39, 0.29) is 11.5 Å². The normalized spacial score (nSPS) is 24.5. The van der Waals surface area contributed by atoms with Crippen LogP contribution in [0, 0.1) is 5.92 Å². The summed E-state index contributed by atoms with van der Waals surface area (Å²) in [5.41, 5.74) is -0.00392. The van der Waals surface area contributed by atoms with E-state index in [4.69, 9.17) is 9.90 Å². The highest BCUT2D eigenvalue weighted by molar-refractivity contribution is 5.81. The molecule has 0 radical (unpaired) electrons. The van der Waals surface area contributed by atoms with Crippen molar-refractivity contribution in [3.8, 4) is 0 Å². The van der Waals surface area contributed by atoms with Crippen LogP contribution >= 0.6 is 0 Å². The first-order valence-corrected chi connectivity index (χ1v) is 10.7. The predicted octanol–water partition coefficient (Wildman–Crippen LogP) is 2.52. The number of allylic oxidation sites excluding steroid dienone is 2. The molecule has 1 atom stereocenters. The SMILES string of the molecule is CN(C)CCN1C(=O)CCC12CCCN(C(=O)C1CC=CC1)CC2.O=C(O)C(F)(F)F. The van der Waals surface area contributed by atoms with Crippen LogP contribution in [0.2, 0.25) is 0 Å². The summed E-state index contributed by atoms with van der Waals surface area (Å²) >= 11 is 0. The van der Waals surface area contributed by atoms with Gasteiger partial charge in [0.1, 0.15) is 0 Å². The van der Waals surface area contributed by atoms with Gasteiger partial charge in [0.2, 0.25) is 11.8 Å². The van der Waals surface area contributed by atoms with Gasteiger partial charge in [0.05, 0.1) is 0 Å². The molecule has 31 heavy (non-hydrogen) atoms. The lowest BCUT2D eigenvalue weighted by atomic mass is 9.87. The minimum absolute atomic E-state index is 0.00392. The summed E-state index contributed by atoms with van der Waals surface area (Å²) in [6.45, 7) is 3.38. The third-order valence-corrected chi connectivity index (χ3v) is 6.28. The number of aliphatic carboxylic acids is 1. The molecular weight excluding hydrogens is 415 g/mol. The average Bonchev–Trinajstić information content (AvgIpc) is 3.25. The summed E-state index contributed by atoms with van der Waals surface area (Å²) in [6.07, 6.45) is 5.59. The molecular formula is C21H32F3N3O4. The van der Waals surface area contributed by atoms with E-state index in [2.05, 4.69) is 40.9 Å². The van der Waals surface area contributed by atoms with Gasteiger partial charge in [-0.2, -0.15) is 13.2 Å². The van der Waals surface area contributed by atoms with Crippen LogP contribution in [0.15, 0.2) is 12.2 Å². The highest BCUT2D eigenvalue weighted by atomic mass is 19.4. The number of carboxylic acid groups (broad SMARTS) is 1. The molecule has 3 rings (SSSR count). The molecule has 176 valence electrons. The maximum absolute atomic E-state index is 12.7. The lowest BCUT2D eigenvalue weighted by Gasteiger charge is -2.39. The van der Waals surface area contributed by atoms with Crippen molar-refractivity contribution < 1.29 is 32.7 Å². The number of hydrogen-bond acceptors (Lipinski definition) is 4. The van der Waals surface area contributed by atoms with Crippen LogP contribution in [0.5, 0.6) is 0 Å². The molecule has 2 amide bonds. The Morgan fingerprint density at radius 1 is 1.16 bits per heavy atom. The predicted molar refractivity (Wildman–Crippen MR) is 108 cm³/mol. The number of likely N-dealkylation sites (N-methyl/N-ethyl adjacent to an activating group) is 1. The number of likely N-dealkylation sites (tertiary alicyclic amines) is 2. The van der Waals surface area contributed by atoms with Crippen LogP contribution in [-0.4, -0.2) is 89.6 Å². The van der Waals surface area contributed by atoms with Crippen molar-refractivity contribution in [2.24, 2.45) is 5.92 Å². The van der Waals surface area contributed by atoms with Crippen molar-refractivity contribution >= 4 is 17.8 Å². The molecule has 1 N–H and O–H groups in total. The van der Waals surface area contributed by atoms with Gasteiger partial charge >= 0.3 is 12.1 Å². The Kier molecular flexibility index (Phi) is 8.50. The van der Waals surface area contributed by atoms with Gasteiger partial charge in [0.25, 0.3) is 0 Å². The van der Waals surface area contributed by atoms with Gasteiger partial charge in [-0.25, -0.2) is 4.79 Å². The van der Waals surface area contributed by atoms with Gasteiger partial charge < -0.3 is 19.8 Å². The first-order chi connectivity index (χ1) is 14.5. The van der Waals surface area contributed by atoms with Gasteiger partial charge in [-0.3, -0.25) is 9.59 Å². The summed E-state index contributed by atoms with van der Waals surface area (Å²) in [7, 11) is 4.10. The van der Waals surface area contributed by atoms with Crippen molar-refractivity contribution in [2.45, 2.75) is 56.7 Å². The second-order valence-electron chi connectivity index (χ2n) is 8.69. The Morgan fingerprint density at radius 3 is 2.32 bits per heavy atom. The molecule has 10 heteroatoms. The topological polar surface area (TPSA) is 81.2 Å². The number of rotatable bonds is 4. The lowest BCUT2D eigenvalue weighted by molar-refractivity contribution is -0.192. The van der Waals surface area contributed by atoms with Crippen LogP contribution in [0.25, 0.3) is 0 Å². The van der Waals surface area contributed by atoms with Crippen LogP contribution in [0.1, 0.15) is 44.9 Å². The average molecular weight is 447 g/mol. The monoisotopic (exact) mass is 447 g/mol. The van der Waals surface area contributed by atoms with E-state index in [1.165, 1.54) is 0 Å². The molecule has 3 aliphatic rings. The van der Waals surface area contributed by atoms with Crippen LogP contribution < -0.4 is 0 Å². The highest BCUT2D eigenvalue weighted by Crippen LogP contribution is 2.39. The molecule has 2 fully saturated rings. The number of amides is 2. The number of hydrogen-bond donors (Lipinski definition) is 1. The second kappa shape index (κ2) is 10.5. The van der Waals surface area contributed by atoms with E-state index in [0.717, 1.165) is 64.7 Å². The third-order valence-electron chi connectivity index (χ3n) is 6.28. The number of carbonyl (C=O) groups is 3. The minimum Gasteiger partial charge on any atom is -0.475 e. The fourth-order valence-electron chi connectivity index (χ4n) is 4.53. The molecule has 2 heterocycles. The molecule has 1 aliphatic carbocycles. The molecule has 0 aromatic heterocycles. The van der Waals surface area contributed by atoms with Crippen LogP contribution in [0.3, 0.4) is 0 Å². The first-order valence-electron chi connectivity index (χ1n) is 10.7. The van der Waals surface area contributed by atoms with Crippen molar-refractivity contribution in [3.63, 3.8) is 0 Å². The maximum Gasteiger partial charge on any atom is 0.490 e. The maximum atomic E-state index is 12.7. The highest BCUT2D eigenvalue weighted by Gasteiger charge is 2.46. The molecule has 0 saturated carbocycles. The van der Waals surface area contributed by atoms with Crippen molar-refractivity contribution in [3.05, 3.63) is 12.2 Å². The van der Waals surface area contributed by atoms with Gasteiger partial charge in [-0.1, -0.05) is 12.2 Å². The standard InChI is InChI=1S/C19H31N3O2.C2HF3O2/c1-20(2)14-15-22-17(23)8-10-19(22)9-5-12-21(13-11-19)18(24)16-6-3-4-7-16;3-2(4,5)1(6)7/h3-4,16H,5-15H2,1-2H3;(H,6,7). The van der Waals surface area contributed by atoms with E-state index in [0.29, 0.717) is 18.2 Å². The summed E-state index contributed by atoms with van der Waals surface area (Å²) in [5.74, 6) is -1.97. The van der Waals surface area contributed by atoms with Gasteiger partial charge in [0, 0.05) is 44.1 Å². The molecule has 2 saturated heterocycles. The van der Waals surface area contributed by atoms with Crippen molar-refractivity contribution in [2.75, 3.05) is 40.3 Å². The molecule has 1 unspecified atom stereocenters. The first kappa shape index (κ1) is 25.2. The number of nitrogens with zero attached hydrogens (tertiary/aromatic N) is 3.